The van der Waals surface area contributed by atoms with E-state index in [0.717, 1.165) is 57.4 Å². The summed E-state index contributed by atoms with van der Waals surface area (Å²) in [6.07, 6.45) is 5.58. The predicted molar refractivity (Wildman–Crippen MR) is 359 cm³/mol. The number of benzene rings is 6. The number of carbonyl (C=O) groups is 1. The fraction of sp³-hybridized carbons (Fsp3) is 0.200. The monoisotopic (exact) mass is 1280 g/mol. The van der Waals surface area contributed by atoms with Crippen molar-refractivity contribution in [3.05, 3.63) is 189 Å². The molecule has 0 aliphatic rings. The van der Waals surface area contributed by atoms with E-state index in [4.69, 9.17) is 38.3 Å². The molecule has 0 spiro atoms. The van der Waals surface area contributed by atoms with Gasteiger partial charge in [0.2, 0.25) is 14.9 Å². The van der Waals surface area contributed by atoms with E-state index in [9.17, 15) is 14.4 Å². The van der Waals surface area contributed by atoms with Crippen molar-refractivity contribution in [3.8, 4) is 68.7 Å². The number of nitrogens with zero attached hydrogens (tertiary/aromatic N) is 12. The molecule has 468 valence electrons. The van der Waals surface area contributed by atoms with Gasteiger partial charge in [-0.15, -0.1) is 15.3 Å². The second kappa shape index (κ2) is 28.6. The lowest BCUT2D eigenvalue weighted by Crippen LogP contribution is -2.23. The van der Waals surface area contributed by atoms with Crippen LogP contribution in [0.1, 0.15) is 23.6 Å². The van der Waals surface area contributed by atoms with Crippen molar-refractivity contribution >= 4 is 90.2 Å². The molecule has 26 heteroatoms. The predicted octanol–water partition coefficient (Wildman–Crippen LogP) is 7.44. The first-order valence-electron chi connectivity index (χ1n) is 27.7. The molecule has 0 aliphatic carbocycles. The maximum atomic E-state index is 12.8. The number of methoxy groups -OCH3 is 6. The Morgan fingerprint density at radius 3 is 0.824 bits per heavy atom. The minimum absolute atomic E-state index is 0.180. The van der Waals surface area contributed by atoms with Gasteiger partial charge in [0, 0.05) is 83.0 Å². The Hall–Kier alpha value is -10.7. The van der Waals surface area contributed by atoms with Gasteiger partial charge < -0.3 is 48.2 Å². The van der Waals surface area contributed by atoms with Crippen LogP contribution in [0.25, 0.3) is 67.3 Å². The molecule has 0 atom stereocenters. The Labute approximate surface area is 533 Å². The molecular formula is C65H64N12O11S3. The molecule has 6 aromatic carbocycles. The average Bonchev–Trinajstić information content (AvgIpc) is 1.66. The van der Waals surface area contributed by atoms with Crippen LogP contribution in [0.15, 0.2) is 142 Å². The van der Waals surface area contributed by atoms with Gasteiger partial charge in [0.1, 0.15) is 0 Å². The number of aliphatic carboxylic acids is 1. The molecular weight excluding hydrogens is 1220 g/mol. The summed E-state index contributed by atoms with van der Waals surface area (Å²) >= 11 is 3.95. The number of hydrogen-bond donors (Lipinski definition) is 1. The van der Waals surface area contributed by atoms with E-state index in [1.165, 1.54) is 47.6 Å². The van der Waals surface area contributed by atoms with Gasteiger partial charge in [-0.2, -0.15) is 28.5 Å². The minimum atomic E-state index is -0.833. The van der Waals surface area contributed by atoms with Crippen molar-refractivity contribution < 1.29 is 38.3 Å². The summed E-state index contributed by atoms with van der Waals surface area (Å²) in [5.41, 5.74) is 7.90. The zero-order chi connectivity index (χ0) is 65.2. The highest BCUT2D eigenvalue weighted by molar-refractivity contribution is 7.15. The summed E-state index contributed by atoms with van der Waals surface area (Å²) < 4.78 is 37.6. The summed E-state index contributed by atoms with van der Waals surface area (Å²) in [5, 5.41) is 20.6. The molecule has 0 aliphatic heterocycles. The summed E-state index contributed by atoms with van der Waals surface area (Å²) in [4.78, 5) is 68.6. The van der Waals surface area contributed by atoms with Crippen molar-refractivity contribution in [3.63, 3.8) is 0 Å². The molecule has 23 nitrogen and oxygen atoms in total. The number of fused-ring (bicyclic) bond motifs is 3. The van der Waals surface area contributed by atoms with Crippen molar-refractivity contribution in [1.82, 2.24) is 43.8 Å². The highest BCUT2D eigenvalue weighted by Crippen LogP contribution is 2.34. The SMILES string of the molecule is CC(=O)O.COc1ccc(-c2nc3s/c(=C\c4ccc(N(C)C)cc4)c(=O)n3n2)cc1OC.COc1ccc(-c2nc3s/c(=C\c4ccc(N(C)C)cc4)c(=O)n3n2)cc1OC.COc1ccc(-c2nc3s/c(=C\c4ccc(N(C)C)cc4)c(=O)n3n2)cc1OC. The van der Waals surface area contributed by atoms with Crippen LogP contribution >= 0.6 is 34.0 Å². The van der Waals surface area contributed by atoms with Crippen LogP contribution in [-0.4, -0.2) is 140 Å². The fourth-order valence-corrected chi connectivity index (χ4v) is 11.6. The summed E-state index contributed by atoms with van der Waals surface area (Å²) in [6, 6.07) is 40.3. The van der Waals surface area contributed by atoms with Crippen LogP contribution < -0.4 is 73.4 Å². The van der Waals surface area contributed by atoms with Crippen LogP contribution in [0, 0.1) is 0 Å². The Bertz CT molecular complexity index is 4420. The normalized spacial score (nSPS) is 11.5. The maximum Gasteiger partial charge on any atom is 0.300 e. The third-order valence-electron chi connectivity index (χ3n) is 13.6. The lowest BCUT2D eigenvalue weighted by Gasteiger charge is -2.11. The third kappa shape index (κ3) is 14.9. The number of rotatable bonds is 15. The van der Waals surface area contributed by atoms with Crippen LogP contribution in [0.2, 0.25) is 0 Å². The molecule has 12 rings (SSSR count). The highest BCUT2D eigenvalue weighted by atomic mass is 32.1. The molecule has 0 saturated carbocycles. The molecule has 1 N–H and O–H groups in total. The lowest BCUT2D eigenvalue weighted by molar-refractivity contribution is -0.134. The smallest absolute Gasteiger partial charge is 0.300 e. The number of carboxylic acids is 1. The molecule has 0 saturated heterocycles. The number of aromatic nitrogens is 9. The maximum absolute atomic E-state index is 12.8. The zero-order valence-electron chi connectivity index (χ0n) is 52.0. The van der Waals surface area contributed by atoms with Crippen LogP contribution in [-0.2, 0) is 4.79 Å². The molecule has 0 amide bonds. The largest absolute Gasteiger partial charge is 0.493 e. The van der Waals surface area contributed by atoms with Gasteiger partial charge in [-0.3, -0.25) is 19.2 Å². The van der Waals surface area contributed by atoms with E-state index >= 15 is 0 Å². The molecule has 0 radical (unpaired) electrons. The summed E-state index contributed by atoms with van der Waals surface area (Å²) in [6.45, 7) is 1.08. The number of carboxylic acid groups (broad SMARTS) is 1. The Morgan fingerprint density at radius 2 is 0.626 bits per heavy atom. The van der Waals surface area contributed by atoms with E-state index in [1.54, 1.807) is 79.1 Å². The molecule has 0 unspecified atom stereocenters. The molecule has 6 heterocycles. The van der Waals surface area contributed by atoms with E-state index in [2.05, 4.69) is 30.2 Å². The summed E-state index contributed by atoms with van der Waals surface area (Å²) in [7, 11) is 21.4. The standard InChI is InChI=1S/3C21H20N4O3S.C2H4O2/c3*1-24(2)15-8-5-13(6-9-15)11-18-20(26)25-21(29-18)22-19(23-25)14-7-10-16(27-3)17(12-14)28-4;1-2(3)4/h3*5-12H,1-4H3;1H3,(H,3,4)/b3*18-11-;. The van der Waals surface area contributed by atoms with E-state index in [1.807, 2.05) is 166 Å². The van der Waals surface area contributed by atoms with Gasteiger partial charge in [-0.25, -0.2) is 0 Å². The highest BCUT2D eigenvalue weighted by Gasteiger charge is 2.18. The minimum Gasteiger partial charge on any atom is -0.493 e. The first-order valence-corrected chi connectivity index (χ1v) is 30.1. The molecule has 6 aromatic heterocycles. The Kier molecular flexibility index (Phi) is 20.4. The van der Waals surface area contributed by atoms with Crippen LogP contribution in [0.3, 0.4) is 0 Å². The molecule has 12 aromatic rings. The van der Waals surface area contributed by atoms with E-state index < -0.39 is 5.97 Å². The quantitative estimate of drug-likeness (QED) is 0.105. The van der Waals surface area contributed by atoms with Gasteiger partial charge in [0.15, 0.2) is 52.0 Å². The topological polar surface area (TPSA) is 244 Å². The van der Waals surface area contributed by atoms with Gasteiger partial charge in [-0.1, -0.05) is 70.4 Å². The van der Waals surface area contributed by atoms with Crippen LogP contribution in [0.5, 0.6) is 34.5 Å². The molecule has 91 heavy (non-hydrogen) atoms. The fourth-order valence-electron chi connectivity index (χ4n) is 8.85. The molecule has 0 bridgehead atoms. The van der Waals surface area contributed by atoms with E-state index in [0.29, 0.717) is 80.4 Å². The van der Waals surface area contributed by atoms with Crippen LogP contribution in [0.4, 0.5) is 17.1 Å². The number of hydrogen-bond acceptors (Lipinski definition) is 22. The second-order valence-electron chi connectivity index (χ2n) is 20.3. The molecule has 0 fully saturated rings. The van der Waals surface area contributed by atoms with Crippen molar-refractivity contribution in [1.29, 1.82) is 0 Å². The van der Waals surface area contributed by atoms with Crippen molar-refractivity contribution in [2.75, 3.05) is 99.6 Å². The summed E-state index contributed by atoms with van der Waals surface area (Å²) in [5.74, 6) is 4.20. The van der Waals surface area contributed by atoms with Gasteiger partial charge in [0.25, 0.3) is 22.6 Å². The third-order valence-corrected chi connectivity index (χ3v) is 16.5. The van der Waals surface area contributed by atoms with Gasteiger partial charge in [-0.05, 0) is 126 Å². The zero-order valence-corrected chi connectivity index (χ0v) is 54.4. The lowest BCUT2D eigenvalue weighted by atomic mass is 10.2. The second-order valence-corrected chi connectivity index (χ2v) is 23.4. The first kappa shape index (κ1) is 64.8. The van der Waals surface area contributed by atoms with Crippen molar-refractivity contribution in [2.24, 2.45) is 0 Å². The number of anilines is 3. The van der Waals surface area contributed by atoms with Gasteiger partial charge in [0.05, 0.1) is 56.3 Å². The Morgan fingerprint density at radius 1 is 0.396 bits per heavy atom. The Balaban J connectivity index is 0.000000157. The number of thiazole rings is 3. The van der Waals surface area contributed by atoms with Gasteiger partial charge >= 0.3 is 0 Å². The van der Waals surface area contributed by atoms with Crippen molar-refractivity contribution in [2.45, 2.75) is 6.92 Å². The first-order chi connectivity index (χ1) is 43.7. The average molecular weight is 1290 g/mol. The van der Waals surface area contributed by atoms with E-state index in [-0.39, 0.29) is 16.7 Å². The number of ether oxygens (including phenoxy) is 6.